The van der Waals surface area contributed by atoms with E-state index in [4.69, 9.17) is 5.73 Å². The minimum absolute atomic E-state index is 0.00560. The maximum atomic E-state index is 12.3. The molecule has 3 N–H and O–H groups in total. The number of aryl methyl sites for hydroxylation is 1. The summed E-state index contributed by atoms with van der Waals surface area (Å²) in [4.78, 5) is 12.3. The lowest BCUT2D eigenvalue weighted by atomic mass is 9.81. The van der Waals surface area contributed by atoms with Gasteiger partial charge in [0, 0.05) is 12.1 Å². The highest BCUT2D eigenvalue weighted by molar-refractivity contribution is 5.94. The van der Waals surface area contributed by atoms with E-state index >= 15 is 0 Å². The van der Waals surface area contributed by atoms with Crippen LogP contribution in [0, 0.1) is 6.92 Å². The van der Waals surface area contributed by atoms with E-state index in [1.807, 2.05) is 31.2 Å². The summed E-state index contributed by atoms with van der Waals surface area (Å²) in [5.41, 5.74) is 7.53. The average Bonchev–Trinajstić information content (AvgIpc) is 2.40. The van der Waals surface area contributed by atoms with E-state index in [1.165, 1.54) is 6.42 Å². The molecule has 0 aromatic heterocycles. The van der Waals surface area contributed by atoms with Gasteiger partial charge in [0.25, 0.3) is 5.91 Å². The van der Waals surface area contributed by atoms with Crippen LogP contribution in [0.15, 0.2) is 24.3 Å². The van der Waals surface area contributed by atoms with Gasteiger partial charge < -0.3 is 11.1 Å². The van der Waals surface area contributed by atoms with Crippen molar-refractivity contribution in [1.29, 1.82) is 0 Å². The summed E-state index contributed by atoms with van der Waals surface area (Å²) in [6.07, 6.45) is 5.57. The molecule has 0 bridgehead atoms. The third kappa shape index (κ3) is 2.91. The second kappa shape index (κ2) is 5.53. The predicted octanol–water partition coefficient (Wildman–Crippen LogP) is 2.39. The zero-order valence-corrected chi connectivity index (χ0v) is 11.0. The van der Waals surface area contributed by atoms with E-state index in [2.05, 4.69) is 5.32 Å². The van der Waals surface area contributed by atoms with E-state index in [9.17, 15) is 4.79 Å². The Bertz CT molecular complexity index is 422. The molecule has 3 nitrogen and oxygen atoms in total. The number of nitrogens with one attached hydrogen (secondary N) is 1. The number of nitrogens with two attached hydrogens (primary N) is 1. The Morgan fingerprint density at radius 1 is 1.33 bits per heavy atom. The Balaban J connectivity index is 2.10. The van der Waals surface area contributed by atoms with Crippen molar-refractivity contribution in [3.8, 4) is 0 Å². The van der Waals surface area contributed by atoms with Gasteiger partial charge in [-0.25, -0.2) is 0 Å². The summed E-state index contributed by atoms with van der Waals surface area (Å²) in [6, 6.07) is 7.69. The van der Waals surface area contributed by atoms with Crippen LogP contribution in [0.25, 0.3) is 0 Å². The van der Waals surface area contributed by atoms with Crippen LogP contribution >= 0.6 is 0 Å². The highest BCUT2D eigenvalue weighted by Crippen LogP contribution is 2.27. The monoisotopic (exact) mass is 246 g/mol. The number of hydrogen-bond acceptors (Lipinski definition) is 2. The number of rotatable bonds is 3. The average molecular weight is 246 g/mol. The first-order valence-corrected chi connectivity index (χ1v) is 6.74. The Kier molecular flexibility index (Phi) is 4.02. The molecule has 1 aliphatic carbocycles. The SMILES string of the molecule is Cc1cccc(C(=O)NC2(CN)CCCCC2)c1. The number of carbonyl (C=O) groups is 1. The van der Waals surface area contributed by atoms with Crippen LogP contribution < -0.4 is 11.1 Å². The van der Waals surface area contributed by atoms with Crippen LogP contribution in [0.3, 0.4) is 0 Å². The summed E-state index contributed by atoms with van der Waals surface area (Å²) in [5.74, 6) is 0.00560. The molecular formula is C15H22N2O. The molecule has 1 aromatic rings. The van der Waals surface area contributed by atoms with Gasteiger partial charge in [0.05, 0.1) is 5.54 Å². The summed E-state index contributed by atoms with van der Waals surface area (Å²) < 4.78 is 0. The molecule has 0 heterocycles. The highest BCUT2D eigenvalue weighted by atomic mass is 16.1. The molecule has 1 aliphatic rings. The van der Waals surface area contributed by atoms with Crippen LogP contribution in [0.1, 0.15) is 48.0 Å². The molecule has 1 fully saturated rings. The number of benzene rings is 1. The van der Waals surface area contributed by atoms with Crippen molar-refractivity contribution in [2.75, 3.05) is 6.54 Å². The zero-order valence-electron chi connectivity index (χ0n) is 11.0. The van der Waals surface area contributed by atoms with Gasteiger partial charge in [0.15, 0.2) is 0 Å². The lowest BCUT2D eigenvalue weighted by molar-refractivity contribution is 0.0874. The summed E-state index contributed by atoms with van der Waals surface area (Å²) >= 11 is 0. The summed E-state index contributed by atoms with van der Waals surface area (Å²) in [5, 5.41) is 3.16. The lowest BCUT2D eigenvalue weighted by Crippen LogP contribution is -2.54. The first-order valence-electron chi connectivity index (χ1n) is 6.74. The third-order valence-electron chi connectivity index (χ3n) is 3.86. The van der Waals surface area contributed by atoms with Gasteiger partial charge in [0.1, 0.15) is 0 Å². The molecule has 3 heteroatoms. The second-order valence-electron chi connectivity index (χ2n) is 5.37. The molecule has 1 saturated carbocycles. The molecule has 0 unspecified atom stereocenters. The molecule has 2 rings (SSSR count). The number of amides is 1. The fourth-order valence-electron chi connectivity index (χ4n) is 2.71. The Morgan fingerprint density at radius 3 is 2.67 bits per heavy atom. The van der Waals surface area contributed by atoms with Crippen molar-refractivity contribution < 1.29 is 4.79 Å². The number of carbonyl (C=O) groups excluding carboxylic acids is 1. The van der Waals surface area contributed by atoms with Crippen molar-refractivity contribution >= 4 is 5.91 Å². The van der Waals surface area contributed by atoms with Crippen LogP contribution in [-0.4, -0.2) is 18.0 Å². The zero-order chi connectivity index (χ0) is 13.0. The van der Waals surface area contributed by atoms with E-state index in [0.717, 1.165) is 36.8 Å². The molecule has 1 amide bonds. The van der Waals surface area contributed by atoms with Gasteiger partial charge in [-0.1, -0.05) is 37.0 Å². The van der Waals surface area contributed by atoms with Crippen molar-refractivity contribution in [3.05, 3.63) is 35.4 Å². The normalized spacial score (nSPS) is 18.3. The molecule has 1 aromatic carbocycles. The largest absolute Gasteiger partial charge is 0.345 e. The van der Waals surface area contributed by atoms with E-state index in [1.54, 1.807) is 0 Å². The summed E-state index contributed by atoms with van der Waals surface area (Å²) in [6.45, 7) is 2.53. The van der Waals surface area contributed by atoms with Crippen molar-refractivity contribution in [1.82, 2.24) is 5.32 Å². The molecule has 98 valence electrons. The minimum atomic E-state index is -0.181. The molecule has 0 aliphatic heterocycles. The maximum Gasteiger partial charge on any atom is 0.251 e. The molecule has 0 spiro atoms. The van der Waals surface area contributed by atoms with E-state index in [-0.39, 0.29) is 11.4 Å². The first kappa shape index (κ1) is 13.1. The Labute approximate surface area is 109 Å². The van der Waals surface area contributed by atoms with Crippen LogP contribution in [0.4, 0.5) is 0 Å². The van der Waals surface area contributed by atoms with Gasteiger partial charge in [-0.2, -0.15) is 0 Å². The quantitative estimate of drug-likeness (QED) is 0.860. The Hall–Kier alpha value is -1.35. The van der Waals surface area contributed by atoms with E-state index in [0.29, 0.717) is 6.54 Å². The predicted molar refractivity (Wildman–Crippen MR) is 73.5 cm³/mol. The van der Waals surface area contributed by atoms with Crippen LogP contribution in [-0.2, 0) is 0 Å². The molecule has 0 radical (unpaired) electrons. The van der Waals surface area contributed by atoms with Gasteiger partial charge in [0.2, 0.25) is 0 Å². The molecular weight excluding hydrogens is 224 g/mol. The minimum Gasteiger partial charge on any atom is -0.345 e. The molecule has 0 saturated heterocycles. The topological polar surface area (TPSA) is 55.1 Å². The number of hydrogen-bond donors (Lipinski definition) is 2. The lowest BCUT2D eigenvalue weighted by Gasteiger charge is -2.37. The molecule has 18 heavy (non-hydrogen) atoms. The van der Waals surface area contributed by atoms with E-state index < -0.39 is 0 Å². The fourth-order valence-corrected chi connectivity index (χ4v) is 2.71. The highest BCUT2D eigenvalue weighted by Gasteiger charge is 2.32. The van der Waals surface area contributed by atoms with Crippen LogP contribution in [0.2, 0.25) is 0 Å². The van der Waals surface area contributed by atoms with Gasteiger partial charge in [-0.3, -0.25) is 4.79 Å². The molecule has 0 atom stereocenters. The van der Waals surface area contributed by atoms with Gasteiger partial charge in [-0.05, 0) is 31.9 Å². The smallest absolute Gasteiger partial charge is 0.251 e. The fraction of sp³-hybridized carbons (Fsp3) is 0.533. The standard InChI is InChI=1S/C15H22N2O/c1-12-6-5-7-13(10-12)14(18)17-15(11-16)8-3-2-4-9-15/h5-7,10H,2-4,8-9,11,16H2,1H3,(H,17,18). The first-order chi connectivity index (χ1) is 8.65. The van der Waals surface area contributed by atoms with Crippen LogP contribution in [0.5, 0.6) is 0 Å². The van der Waals surface area contributed by atoms with Gasteiger partial charge in [-0.15, -0.1) is 0 Å². The third-order valence-corrected chi connectivity index (χ3v) is 3.86. The Morgan fingerprint density at radius 2 is 2.06 bits per heavy atom. The van der Waals surface area contributed by atoms with Crippen molar-refractivity contribution in [2.45, 2.75) is 44.6 Å². The van der Waals surface area contributed by atoms with Gasteiger partial charge >= 0.3 is 0 Å². The van der Waals surface area contributed by atoms with Crippen molar-refractivity contribution in [3.63, 3.8) is 0 Å². The summed E-state index contributed by atoms with van der Waals surface area (Å²) in [7, 11) is 0. The van der Waals surface area contributed by atoms with Crippen molar-refractivity contribution in [2.24, 2.45) is 5.73 Å². The second-order valence-corrected chi connectivity index (χ2v) is 5.37. The maximum absolute atomic E-state index is 12.3.